The number of anilines is 1. The molecule has 6 nitrogen and oxygen atoms in total. The van der Waals surface area contributed by atoms with Gasteiger partial charge in [-0.1, -0.05) is 12.1 Å². The largest absolute Gasteiger partial charge is 0.495 e. The van der Waals surface area contributed by atoms with Crippen molar-refractivity contribution in [3.8, 4) is 5.75 Å². The maximum Gasteiger partial charge on any atom is 0.244 e. The summed E-state index contributed by atoms with van der Waals surface area (Å²) in [5.74, 6) is -0.494. The SMILES string of the molecule is COc1ccc(F)cc1S(=O)(=O)NC[C@@H](c1ccc(N(C)C)cc1)[NH+]1CCCC1. The summed E-state index contributed by atoms with van der Waals surface area (Å²) < 4.78 is 47.2. The van der Waals surface area contributed by atoms with E-state index in [2.05, 4.69) is 16.9 Å². The number of ether oxygens (including phenoxy) is 1. The van der Waals surface area contributed by atoms with Crippen molar-refractivity contribution >= 4 is 15.7 Å². The Morgan fingerprint density at radius 2 is 1.79 bits per heavy atom. The minimum Gasteiger partial charge on any atom is -0.495 e. The van der Waals surface area contributed by atoms with E-state index in [0.717, 1.165) is 43.2 Å². The van der Waals surface area contributed by atoms with Crippen LogP contribution < -0.4 is 19.3 Å². The van der Waals surface area contributed by atoms with Crippen LogP contribution in [0, 0.1) is 5.82 Å². The zero-order chi connectivity index (χ0) is 21.0. The van der Waals surface area contributed by atoms with Gasteiger partial charge in [0.15, 0.2) is 0 Å². The molecule has 29 heavy (non-hydrogen) atoms. The molecular formula is C21H29FN3O3S+. The lowest BCUT2D eigenvalue weighted by atomic mass is 10.1. The van der Waals surface area contributed by atoms with Crippen LogP contribution in [-0.2, 0) is 10.0 Å². The molecule has 1 saturated heterocycles. The Morgan fingerprint density at radius 1 is 1.14 bits per heavy atom. The Morgan fingerprint density at radius 3 is 2.38 bits per heavy atom. The van der Waals surface area contributed by atoms with E-state index in [1.165, 1.54) is 24.1 Å². The van der Waals surface area contributed by atoms with E-state index in [0.29, 0.717) is 0 Å². The molecule has 1 fully saturated rings. The minimum absolute atomic E-state index is 0.0111. The molecule has 1 heterocycles. The topological polar surface area (TPSA) is 63.1 Å². The molecule has 0 spiro atoms. The van der Waals surface area contributed by atoms with Gasteiger partial charge in [-0.2, -0.15) is 0 Å². The molecule has 1 aliphatic rings. The van der Waals surface area contributed by atoms with Gasteiger partial charge in [0.25, 0.3) is 0 Å². The van der Waals surface area contributed by atoms with Crippen LogP contribution in [0.1, 0.15) is 24.4 Å². The van der Waals surface area contributed by atoms with Gasteiger partial charge in [-0.05, 0) is 30.3 Å². The highest BCUT2D eigenvalue weighted by Crippen LogP contribution is 2.25. The van der Waals surface area contributed by atoms with Gasteiger partial charge in [0, 0.05) is 38.2 Å². The molecule has 1 aliphatic heterocycles. The van der Waals surface area contributed by atoms with Gasteiger partial charge in [-0.15, -0.1) is 0 Å². The van der Waals surface area contributed by atoms with Crippen LogP contribution in [0.25, 0.3) is 0 Å². The van der Waals surface area contributed by atoms with Gasteiger partial charge >= 0.3 is 0 Å². The average molecular weight is 423 g/mol. The average Bonchev–Trinajstić information content (AvgIpc) is 3.23. The minimum atomic E-state index is -3.92. The van der Waals surface area contributed by atoms with Crippen molar-refractivity contribution < 1.29 is 22.4 Å². The number of hydrogen-bond acceptors (Lipinski definition) is 4. The molecule has 0 unspecified atom stereocenters. The van der Waals surface area contributed by atoms with Crippen molar-refractivity contribution in [2.75, 3.05) is 45.7 Å². The van der Waals surface area contributed by atoms with E-state index >= 15 is 0 Å². The Labute approximate surface area is 172 Å². The van der Waals surface area contributed by atoms with Crippen LogP contribution in [0.3, 0.4) is 0 Å². The fourth-order valence-electron chi connectivity index (χ4n) is 3.81. The van der Waals surface area contributed by atoms with E-state index in [-0.39, 0.29) is 23.2 Å². The van der Waals surface area contributed by atoms with E-state index < -0.39 is 15.8 Å². The summed E-state index contributed by atoms with van der Waals surface area (Å²) in [6.45, 7) is 2.24. The lowest BCUT2D eigenvalue weighted by molar-refractivity contribution is -0.918. The van der Waals surface area contributed by atoms with Crippen molar-refractivity contribution in [2.24, 2.45) is 0 Å². The summed E-state index contributed by atoms with van der Waals surface area (Å²) in [7, 11) is 1.42. The van der Waals surface area contributed by atoms with Crippen molar-refractivity contribution in [3.63, 3.8) is 0 Å². The quantitative estimate of drug-likeness (QED) is 0.678. The molecule has 0 bridgehead atoms. The van der Waals surface area contributed by atoms with Crippen LogP contribution >= 0.6 is 0 Å². The highest BCUT2D eigenvalue weighted by Gasteiger charge is 2.30. The molecule has 158 valence electrons. The second-order valence-corrected chi connectivity index (χ2v) is 9.29. The van der Waals surface area contributed by atoms with E-state index in [1.807, 2.05) is 31.1 Å². The maximum absolute atomic E-state index is 13.7. The normalized spacial score (nSPS) is 16.0. The number of sulfonamides is 1. The number of benzene rings is 2. The first-order chi connectivity index (χ1) is 13.8. The number of quaternary nitrogens is 1. The molecule has 0 amide bonds. The van der Waals surface area contributed by atoms with Crippen LogP contribution in [0.4, 0.5) is 10.1 Å². The molecule has 1 atom stereocenters. The maximum atomic E-state index is 13.7. The smallest absolute Gasteiger partial charge is 0.244 e. The summed E-state index contributed by atoms with van der Waals surface area (Å²) in [5, 5.41) is 0. The van der Waals surface area contributed by atoms with Crippen molar-refractivity contribution in [1.82, 2.24) is 4.72 Å². The second-order valence-electron chi connectivity index (χ2n) is 7.55. The van der Waals surface area contributed by atoms with Gasteiger partial charge in [0.2, 0.25) is 10.0 Å². The zero-order valence-electron chi connectivity index (χ0n) is 17.1. The fourth-order valence-corrected chi connectivity index (χ4v) is 5.04. The molecule has 0 aromatic heterocycles. The van der Waals surface area contributed by atoms with Crippen LogP contribution in [0.5, 0.6) is 5.75 Å². The summed E-state index contributed by atoms with van der Waals surface area (Å²) in [4.78, 5) is 3.20. The third kappa shape index (κ3) is 5.07. The summed E-state index contributed by atoms with van der Waals surface area (Å²) in [6.07, 6.45) is 2.26. The van der Waals surface area contributed by atoms with Gasteiger partial charge < -0.3 is 14.5 Å². The zero-order valence-corrected chi connectivity index (χ0v) is 17.9. The van der Waals surface area contributed by atoms with E-state index in [9.17, 15) is 12.8 Å². The fraction of sp³-hybridized carbons (Fsp3) is 0.429. The highest BCUT2D eigenvalue weighted by molar-refractivity contribution is 7.89. The van der Waals surface area contributed by atoms with Gasteiger partial charge in [0.1, 0.15) is 22.5 Å². The summed E-state index contributed by atoms with van der Waals surface area (Å²) in [5.41, 5.74) is 2.18. The predicted molar refractivity (Wildman–Crippen MR) is 112 cm³/mol. The third-order valence-electron chi connectivity index (χ3n) is 5.44. The monoisotopic (exact) mass is 422 g/mol. The van der Waals surface area contributed by atoms with Gasteiger partial charge in [-0.25, -0.2) is 17.5 Å². The Kier molecular flexibility index (Phi) is 6.77. The van der Waals surface area contributed by atoms with Gasteiger partial charge in [0.05, 0.1) is 26.7 Å². The van der Waals surface area contributed by atoms with Crippen LogP contribution in [0.15, 0.2) is 47.4 Å². The Balaban J connectivity index is 1.84. The Bertz CT molecular complexity index is 927. The first-order valence-electron chi connectivity index (χ1n) is 9.77. The standard InChI is InChI=1S/C21H28FN3O3S/c1-24(2)18-9-6-16(7-10-18)19(25-12-4-5-13-25)15-23-29(26,27)21-14-17(22)8-11-20(21)28-3/h6-11,14,19,23H,4-5,12-13,15H2,1-3H3/p+1/t19-/m0/s1. The number of nitrogens with zero attached hydrogens (tertiary/aromatic N) is 1. The van der Waals surface area contributed by atoms with E-state index in [4.69, 9.17) is 4.74 Å². The molecule has 0 radical (unpaired) electrons. The van der Waals surface area contributed by atoms with Gasteiger partial charge in [-0.3, -0.25) is 0 Å². The first kappa shape index (κ1) is 21.5. The van der Waals surface area contributed by atoms with Crippen molar-refractivity contribution in [2.45, 2.75) is 23.8 Å². The third-order valence-corrected chi connectivity index (χ3v) is 6.89. The molecule has 0 aliphatic carbocycles. The highest BCUT2D eigenvalue weighted by atomic mass is 32.2. The second kappa shape index (κ2) is 9.11. The van der Waals surface area contributed by atoms with Crippen LogP contribution in [0.2, 0.25) is 0 Å². The number of halogens is 1. The lowest BCUT2D eigenvalue weighted by Crippen LogP contribution is -3.11. The molecular weight excluding hydrogens is 393 g/mol. The summed E-state index contributed by atoms with van der Waals surface area (Å²) in [6, 6.07) is 11.7. The molecule has 2 N–H and O–H groups in total. The lowest BCUT2D eigenvalue weighted by Gasteiger charge is -2.26. The first-order valence-corrected chi connectivity index (χ1v) is 11.2. The van der Waals surface area contributed by atoms with Crippen molar-refractivity contribution in [3.05, 3.63) is 53.8 Å². The number of nitrogens with one attached hydrogen (secondary N) is 2. The summed E-state index contributed by atoms with van der Waals surface area (Å²) >= 11 is 0. The predicted octanol–water partition coefficient (Wildman–Crippen LogP) is 1.60. The molecule has 8 heteroatoms. The Hall–Kier alpha value is -2.16. The number of rotatable bonds is 8. The van der Waals surface area contributed by atoms with Crippen molar-refractivity contribution in [1.29, 1.82) is 0 Å². The molecule has 0 saturated carbocycles. The molecule has 2 aromatic carbocycles. The van der Waals surface area contributed by atoms with Crippen LogP contribution in [-0.4, -0.2) is 49.3 Å². The molecule has 2 aromatic rings. The van der Waals surface area contributed by atoms with E-state index in [1.54, 1.807) is 0 Å². The number of likely N-dealkylation sites (tertiary alicyclic amines) is 1. The number of hydrogen-bond donors (Lipinski definition) is 2. The number of methoxy groups -OCH3 is 1. The molecule has 3 rings (SSSR count).